The molecule has 1 heterocycles. The van der Waals surface area contributed by atoms with E-state index in [0.29, 0.717) is 30.4 Å². The predicted molar refractivity (Wildman–Crippen MR) is 79.6 cm³/mol. The minimum absolute atomic E-state index is 0.197. The molecule has 0 bridgehead atoms. The van der Waals surface area contributed by atoms with Crippen LogP contribution in [0.2, 0.25) is 0 Å². The number of anilines is 1. The van der Waals surface area contributed by atoms with Gasteiger partial charge in [0, 0.05) is 24.7 Å². The van der Waals surface area contributed by atoms with E-state index < -0.39 is 21.4 Å². The topological polar surface area (TPSA) is 72.9 Å². The van der Waals surface area contributed by atoms with Gasteiger partial charge in [0.15, 0.2) is 11.5 Å². The van der Waals surface area contributed by atoms with Crippen LogP contribution < -0.4 is 14.4 Å². The number of hydrogen-bond donors (Lipinski definition) is 0. The number of hydrogen-bond acceptors (Lipinski definition) is 5. The normalized spacial score (nSPS) is 18.6. The van der Waals surface area contributed by atoms with Crippen LogP contribution in [0.25, 0.3) is 0 Å². The van der Waals surface area contributed by atoms with Gasteiger partial charge in [-0.3, -0.25) is 4.79 Å². The van der Waals surface area contributed by atoms with Gasteiger partial charge in [0.05, 0.1) is 13.2 Å². The summed E-state index contributed by atoms with van der Waals surface area (Å²) in [7, 11) is -4.73. The molecule has 0 radical (unpaired) electrons. The summed E-state index contributed by atoms with van der Waals surface area (Å²) in [6, 6.07) is 4.87. The lowest BCUT2D eigenvalue weighted by Crippen LogP contribution is -2.26. The Kier molecular flexibility index (Phi) is 4.90. The second-order valence-corrected chi connectivity index (χ2v) is 6.42. The number of halogens is 1. The van der Waals surface area contributed by atoms with Gasteiger partial charge in [-0.05, 0) is 26.0 Å². The monoisotopic (exact) mass is 331 g/mol. The number of carbonyl (C=O) groups excluding carboxylic acids is 1. The molecule has 0 aliphatic carbocycles. The maximum absolute atomic E-state index is 13.1. The third kappa shape index (κ3) is 3.49. The smallest absolute Gasteiger partial charge is 0.307 e. The molecular weight excluding hydrogens is 313 g/mol. The first kappa shape index (κ1) is 16.5. The Labute approximate surface area is 129 Å². The van der Waals surface area contributed by atoms with Crippen LogP contribution in [0, 0.1) is 0 Å². The molecule has 2 rings (SSSR count). The van der Waals surface area contributed by atoms with Gasteiger partial charge in [-0.15, -0.1) is 3.89 Å². The first-order chi connectivity index (χ1) is 10.4. The van der Waals surface area contributed by atoms with Crippen molar-refractivity contribution in [1.29, 1.82) is 0 Å². The Balaban J connectivity index is 2.29. The number of benzene rings is 1. The summed E-state index contributed by atoms with van der Waals surface area (Å²) in [4.78, 5) is 13.2. The van der Waals surface area contributed by atoms with Gasteiger partial charge in [-0.25, -0.2) is 0 Å². The summed E-state index contributed by atoms with van der Waals surface area (Å²) in [5, 5.41) is -1.32. The number of nitrogens with zero attached hydrogens (tertiary/aromatic N) is 1. The molecule has 0 aromatic heterocycles. The zero-order chi connectivity index (χ0) is 16.3. The fraction of sp³-hybridized carbons (Fsp3) is 0.500. The summed E-state index contributed by atoms with van der Waals surface area (Å²) < 4.78 is 45.9. The lowest BCUT2D eigenvalue weighted by atomic mass is 10.2. The Hall–Kier alpha value is -1.83. The van der Waals surface area contributed by atoms with E-state index >= 15 is 0 Å². The van der Waals surface area contributed by atoms with Gasteiger partial charge in [-0.1, -0.05) is 0 Å². The Morgan fingerprint density at radius 3 is 2.41 bits per heavy atom. The molecule has 122 valence electrons. The van der Waals surface area contributed by atoms with E-state index in [2.05, 4.69) is 0 Å². The molecule has 0 saturated carbocycles. The van der Waals surface area contributed by atoms with Crippen molar-refractivity contribution >= 4 is 21.8 Å². The van der Waals surface area contributed by atoms with Crippen molar-refractivity contribution in [3.63, 3.8) is 0 Å². The maximum atomic E-state index is 13.1. The van der Waals surface area contributed by atoms with Crippen molar-refractivity contribution in [2.24, 2.45) is 0 Å². The molecule has 1 unspecified atom stereocenters. The van der Waals surface area contributed by atoms with Crippen molar-refractivity contribution in [2.45, 2.75) is 25.5 Å². The largest absolute Gasteiger partial charge is 0.490 e. The molecule has 1 aromatic carbocycles. The first-order valence-electron chi connectivity index (χ1n) is 7.00. The number of rotatable bonds is 6. The highest BCUT2D eigenvalue weighted by Crippen LogP contribution is 2.34. The average Bonchev–Trinajstić information content (AvgIpc) is 2.83. The first-order valence-corrected chi connectivity index (χ1v) is 8.45. The van der Waals surface area contributed by atoms with E-state index in [-0.39, 0.29) is 13.0 Å². The lowest BCUT2D eigenvalue weighted by Gasteiger charge is -2.19. The van der Waals surface area contributed by atoms with Crippen LogP contribution in [0.1, 0.15) is 20.3 Å². The number of ether oxygens (including phenoxy) is 2. The summed E-state index contributed by atoms with van der Waals surface area (Å²) in [5.41, 5.74) is 0.461. The van der Waals surface area contributed by atoms with E-state index in [0.717, 1.165) is 0 Å². The molecule has 8 heteroatoms. The zero-order valence-electron chi connectivity index (χ0n) is 12.4. The van der Waals surface area contributed by atoms with Gasteiger partial charge < -0.3 is 14.4 Å². The molecule has 0 N–H and O–H groups in total. The van der Waals surface area contributed by atoms with Crippen molar-refractivity contribution in [3.8, 4) is 11.5 Å². The van der Waals surface area contributed by atoms with Gasteiger partial charge in [0.25, 0.3) is 0 Å². The van der Waals surface area contributed by atoms with Crippen molar-refractivity contribution in [3.05, 3.63) is 18.2 Å². The maximum Gasteiger partial charge on any atom is 0.307 e. The number of carbonyl (C=O) groups is 1. The average molecular weight is 331 g/mol. The van der Waals surface area contributed by atoms with E-state index in [4.69, 9.17) is 9.47 Å². The summed E-state index contributed by atoms with van der Waals surface area (Å²) >= 11 is 0. The van der Waals surface area contributed by atoms with E-state index in [9.17, 15) is 17.1 Å². The van der Waals surface area contributed by atoms with Crippen LogP contribution in [0.3, 0.4) is 0 Å². The number of amides is 1. The fourth-order valence-corrected chi connectivity index (χ4v) is 2.99. The van der Waals surface area contributed by atoms with Gasteiger partial charge in [0.1, 0.15) is 5.25 Å². The Morgan fingerprint density at radius 1 is 1.23 bits per heavy atom. The van der Waals surface area contributed by atoms with Gasteiger partial charge in [0.2, 0.25) is 5.91 Å². The Bertz CT molecular complexity index is 661. The molecule has 1 amide bonds. The third-order valence-electron chi connectivity index (χ3n) is 3.33. The van der Waals surface area contributed by atoms with Crippen LogP contribution in [-0.4, -0.2) is 39.3 Å². The molecular formula is C14H18FNO5S. The van der Waals surface area contributed by atoms with Crippen LogP contribution in [0.4, 0.5) is 9.57 Å². The highest BCUT2D eigenvalue weighted by Gasteiger charge is 2.39. The van der Waals surface area contributed by atoms with Gasteiger partial charge >= 0.3 is 10.2 Å². The van der Waals surface area contributed by atoms with Crippen LogP contribution in [0.15, 0.2) is 18.2 Å². The van der Waals surface area contributed by atoms with E-state index in [1.165, 1.54) is 4.90 Å². The van der Waals surface area contributed by atoms with E-state index in [1.54, 1.807) is 18.2 Å². The van der Waals surface area contributed by atoms with Crippen molar-refractivity contribution in [1.82, 2.24) is 0 Å². The Morgan fingerprint density at radius 2 is 1.86 bits per heavy atom. The molecule has 1 aliphatic heterocycles. The summed E-state index contributed by atoms with van der Waals surface area (Å²) in [5.74, 6) is 0.563. The van der Waals surface area contributed by atoms with Crippen LogP contribution >= 0.6 is 0 Å². The minimum Gasteiger partial charge on any atom is -0.490 e. The standard InChI is InChI=1S/C14H18FNO5S/c1-3-20-12-6-5-10(7-13(12)21-4-2)16-9-11(8-14(16)17)22(15,18)19/h5-7,11H,3-4,8-9H2,1-2H3. The zero-order valence-corrected chi connectivity index (χ0v) is 13.2. The second kappa shape index (κ2) is 6.51. The molecule has 1 aromatic rings. The molecule has 6 nitrogen and oxygen atoms in total. The van der Waals surface area contributed by atoms with E-state index in [1.807, 2.05) is 13.8 Å². The summed E-state index contributed by atoms with van der Waals surface area (Å²) in [6.45, 7) is 4.33. The van der Waals surface area contributed by atoms with Crippen LogP contribution in [0.5, 0.6) is 11.5 Å². The fourth-order valence-electron chi connectivity index (χ4n) is 2.32. The quantitative estimate of drug-likeness (QED) is 0.744. The minimum atomic E-state index is -4.73. The SMILES string of the molecule is CCOc1ccc(N2CC(S(=O)(=O)F)CC2=O)cc1OCC. The second-order valence-electron chi connectivity index (χ2n) is 4.80. The van der Waals surface area contributed by atoms with Crippen molar-refractivity contribution < 1.29 is 26.6 Å². The summed E-state index contributed by atoms with van der Waals surface area (Å²) in [6.07, 6.45) is -0.351. The molecule has 1 aliphatic rings. The molecule has 0 spiro atoms. The molecule has 1 saturated heterocycles. The highest BCUT2D eigenvalue weighted by atomic mass is 32.3. The van der Waals surface area contributed by atoms with Gasteiger partial charge in [-0.2, -0.15) is 8.42 Å². The third-order valence-corrected chi connectivity index (χ3v) is 4.44. The lowest BCUT2D eigenvalue weighted by molar-refractivity contribution is -0.117. The molecule has 1 atom stereocenters. The molecule has 1 fully saturated rings. The van der Waals surface area contributed by atoms with Crippen molar-refractivity contribution in [2.75, 3.05) is 24.7 Å². The highest BCUT2D eigenvalue weighted by molar-refractivity contribution is 7.87. The molecule has 22 heavy (non-hydrogen) atoms. The van der Waals surface area contributed by atoms with Crippen LogP contribution in [-0.2, 0) is 15.0 Å². The predicted octanol–water partition coefficient (Wildman–Crippen LogP) is 1.89.